The number of thiol groups is 1. The maximum absolute atomic E-state index is 11.3. The van der Waals surface area contributed by atoms with Crippen molar-refractivity contribution in [1.29, 1.82) is 0 Å². The second-order valence-electron chi connectivity index (χ2n) is 3.93. The molecular weight excluding hydrogens is 225 g/mol. The van der Waals surface area contributed by atoms with Gasteiger partial charge in [-0.2, -0.15) is 0 Å². The first-order chi connectivity index (χ1) is 7.45. The highest BCUT2D eigenvalue weighted by Crippen LogP contribution is 1.99. The molecule has 1 N–H and O–H groups in total. The van der Waals surface area contributed by atoms with Crippen LogP contribution in [0.5, 0.6) is 0 Å². The number of hydrogen-bond donors (Lipinski definition) is 2. The van der Waals surface area contributed by atoms with Gasteiger partial charge in [-0.05, 0) is 27.1 Å². The summed E-state index contributed by atoms with van der Waals surface area (Å²) in [5.41, 5.74) is -0.139. The third kappa shape index (κ3) is 9.06. The van der Waals surface area contributed by atoms with Crippen molar-refractivity contribution in [3.05, 3.63) is 0 Å². The Balaban J connectivity index is 3.99. The van der Waals surface area contributed by atoms with E-state index in [0.29, 0.717) is 19.5 Å². The molecule has 0 heterocycles. The van der Waals surface area contributed by atoms with E-state index >= 15 is 0 Å². The molecule has 0 fully saturated rings. The molecule has 0 saturated carbocycles. The van der Waals surface area contributed by atoms with Gasteiger partial charge in [0.15, 0.2) is 0 Å². The summed E-state index contributed by atoms with van der Waals surface area (Å²) in [6.07, 6.45) is 0.615. The van der Waals surface area contributed by atoms with Crippen molar-refractivity contribution in [2.45, 2.75) is 44.7 Å². The predicted molar refractivity (Wildman–Crippen MR) is 70.8 cm³/mol. The second-order valence-corrected chi connectivity index (χ2v) is 4.66. The molecule has 0 rings (SSSR count). The summed E-state index contributed by atoms with van der Waals surface area (Å²) in [5.74, 6) is 0.00720. The van der Waals surface area contributed by atoms with E-state index in [1.807, 2.05) is 28.6 Å². The minimum absolute atomic E-state index is 0.00720. The Morgan fingerprint density at radius 2 is 1.88 bits per heavy atom. The van der Waals surface area contributed by atoms with E-state index in [9.17, 15) is 4.79 Å². The lowest BCUT2D eigenvalue weighted by Crippen LogP contribution is -2.42. The zero-order chi connectivity index (χ0) is 12.6. The monoisotopic (exact) mass is 247 g/mol. The molecule has 6 heteroatoms. The lowest BCUT2D eigenvalue weighted by molar-refractivity contribution is -0.120. The van der Waals surface area contributed by atoms with Crippen LogP contribution in [0.25, 0.3) is 0 Å². The SMILES string of the molecule is BCC(=O)NC(COC(C)C)COC(C)S. The molecule has 0 saturated heterocycles. The number of nitrogens with one attached hydrogen (secondary N) is 1. The molecule has 0 aromatic heterocycles. The van der Waals surface area contributed by atoms with Crippen LogP contribution in [-0.2, 0) is 14.3 Å². The first-order valence-corrected chi connectivity index (χ1v) is 6.18. The van der Waals surface area contributed by atoms with Crippen LogP contribution in [0.2, 0.25) is 6.32 Å². The number of carbonyl (C=O) groups is 1. The smallest absolute Gasteiger partial charge is 0.212 e. The van der Waals surface area contributed by atoms with Crippen LogP contribution in [0.3, 0.4) is 0 Å². The Bertz CT molecular complexity index is 191. The topological polar surface area (TPSA) is 47.6 Å². The lowest BCUT2D eigenvalue weighted by Gasteiger charge is -2.21. The molecule has 0 radical (unpaired) electrons. The largest absolute Gasteiger partial charge is 0.377 e. The quantitative estimate of drug-likeness (QED) is 0.367. The van der Waals surface area contributed by atoms with Crippen molar-refractivity contribution in [2.75, 3.05) is 13.2 Å². The summed E-state index contributed by atoms with van der Waals surface area (Å²) in [6, 6.07) is -0.107. The third-order valence-corrected chi connectivity index (χ3v) is 2.00. The van der Waals surface area contributed by atoms with Crippen LogP contribution >= 0.6 is 12.6 Å². The molecule has 0 aliphatic rings. The fraction of sp³-hybridized carbons (Fsp3) is 0.900. The Kier molecular flexibility index (Phi) is 8.79. The summed E-state index contributed by atoms with van der Waals surface area (Å²) >= 11 is 4.12. The summed E-state index contributed by atoms with van der Waals surface area (Å²) in [7, 11) is 1.82. The van der Waals surface area contributed by atoms with E-state index in [1.165, 1.54) is 0 Å². The van der Waals surface area contributed by atoms with Crippen molar-refractivity contribution < 1.29 is 14.3 Å². The second kappa shape index (κ2) is 8.90. The van der Waals surface area contributed by atoms with Gasteiger partial charge in [0, 0.05) is 0 Å². The molecule has 0 aromatic carbocycles. The number of ether oxygens (including phenoxy) is 2. The Morgan fingerprint density at radius 3 is 2.31 bits per heavy atom. The highest BCUT2D eigenvalue weighted by molar-refractivity contribution is 7.80. The average Bonchev–Trinajstić information content (AvgIpc) is 2.21. The first-order valence-electron chi connectivity index (χ1n) is 5.66. The molecule has 0 spiro atoms. The minimum Gasteiger partial charge on any atom is -0.377 e. The highest BCUT2D eigenvalue weighted by Gasteiger charge is 2.13. The van der Waals surface area contributed by atoms with E-state index in [0.717, 1.165) is 0 Å². The summed E-state index contributed by atoms with van der Waals surface area (Å²) in [6.45, 7) is 6.64. The van der Waals surface area contributed by atoms with Gasteiger partial charge in [0.25, 0.3) is 0 Å². The summed E-state index contributed by atoms with van der Waals surface area (Å²) in [5, 5.41) is 2.85. The van der Waals surface area contributed by atoms with Crippen LogP contribution in [0.15, 0.2) is 0 Å². The number of amides is 1. The van der Waals surface area contributed by atoms with E-state index in [2.05, 4.69) is 17.9 Å². The zero-order valence-corrected chi connectivity index (χ0v) is 11.4. The standard InChI is InChI=1S/C10H22BNO3S/c1-7(2)14-5-9(6-15-8(3)16)12-10(13)4-11/h7-9,16H,4-6,11H2,1-3H3,(H,12,13). The molecule has 0 bridgehead atoms. The van der Waals surface area contributed by atoms with Gasteiger partial charge in [-0.15, -0.1) is 12.6 Å². The number of carbonyl (C=O) groups excluding carboxylic acids is 1. The number of hydrogen-bond acceptors (Lipinski definition) is 4. The molecule has 0 aromatic rings. The molecule has 2 unspecified atom stereocenters. The maximum Gasteiger partial charge on any atom is 0.212 e. The Hall–Kier alpha value is -0.195. The molecular formula is C10H22BNO3S. The van der Waals surface area contributed by atoms with Crippen LogP contribution in [-0.4, -0.2) is 44.5 Å². The summed E-state index contributed by atoms with van der Waals surface area (Å²) in [4.78, 5) is 11.3. The van der Waals surface area contributed by atoms with Crippen LogP contribution < -0.4 is 5.32 Å². The van der Waals surface area contributed by atoms with Gasteiger partial charge in [-0.1, -0.05) is 0 Å². The Morgan fingerprint density at radius 1 is 1.31 bits per heavy atom. The van der Waals surface area contributed by atoms with Gasteiger partial charge in [-0.25, -0.2) is 0 Å². The first kappa shape index (κ1) is 15.8. The van der Waals surface area contributed by atoms with Crippen molar-refractivity contribution in [1.82, 2.24) is 5.32 Å². The molecule has 0 aliphatic heterocycles. The van der Waals surface area contributed by atoms with Gasteiger partial charge in [-0.3, -0.25) is 4.79 Å². The molecule has 16 heavy (non-hydrogen) atoms. The lowest BCUT2D eigenvalue weighted by atomic mass is 10.0. The highest BCUT2D eigenvalue weighted by atomic mass is 32.1. The van der Waals surface area contributed by atoms with E-state index in [4.69, 9.17) is 9.47 Å². The van der Waals surface area contributed by atoms with Crippen molar-refractivity contribution in [3.8, 4) is 0 Å². The van der Waals surface area contributed by atoms with E-state index < -0.39 is 0 Å². The van der Waals surface area contributed by atoms with Crippen molar-refractivity contribution in [3.63, 3.8) is 0 Å². The molecule has 94 valence electrons. The van der Waals surface area contributed by atoms with Crippen molar-refractivity contribution >= 4 is 26.4 Å². The van der Waals surface area contributed by atoms with Gasteiger partial charge < -0.3 is 14.8 Å². The Labute approximate surface area is 104 Å². The van der Waals surface area contributed by atoms with Crippen LogP contribution in [0, 0.1) is 0 Å². The fourth-order valence-corrected chi connectivity index (χ4v) is 1.11. The van der Waals surface area contributed by atoms with Gasteiger partial charge in [0.05, 0.1) is 30.8 Å². The third-order valence-electron chi connectivity index (χ3n) is 1.86. The predicted octanol–water partition coefficient (Wildman–Crippen LogP) is 0.240. The maximum atomic E-state index is 11.3. The normalized spacial score (nSPS) is 14.8. The summed E-state index contributed by atoms with van der Waals surface area (Å²) < 4.78 is 10.8. The van der Waals surface area contributed by atoms with Crippen LogP contribution in [0.4, 0.5) is 0 Å². The van der Waals surface area contributed by atoms with Gasteiger partial charge in [0.2, 0.25) is 5.91 Å². The fourth-order valence-electron chi connectivity index (χ4n) is 1.03. The number of rotatable bonds is 8. The molecule has 0 aliphatic carbocycles. The van der Waals surface area contributed by atoms with Gasteiger partial charge >= 0.3 is 0 Å². The molecule has 4 nitrogen and oxygen atoms in total. The van der Waals surface area contributed by atoms with Crippen LogP contribution in [0.1, 0.15) is 20.8 Å². The van der Waals surface area contributed by atoms with Crippen molar-refractivity contribution in [2.24, 2.45) is 0 Å². The molecule has 2 atom stereocenters. The minimum atomic E-state index is -0.139. The zero-order valence-electron chi connectivity index (χ0n) is 10.5. The molecule has 1 amide bonds. The van der Waals surface area contributed by atoms with E-state index in [1.54, 1.807) is 0 Å². The van der Waals surface area contributed by atoms with Gasteiger partial charge in [0.1, 0.15) is 7.85 Å². The average molecular weight is 247 g/mol. The van der Waals surface area contributed by atoms with E-state index in [-0.39, 0.29) is 23.5 Å².